The minimum atomic E-state index is 0.0894. The summed E-state index contributed by atoms with van der Waals surface area (Å²) < 4.78 is 0.964. The van der Waals surface area contributed by atoms with Gasteiger partial charge in [0.15, 0.2) is 0 Å². The van der Waals surface area contributed by atoms with Gasteiger partial charge in [-0.15, -0.1) is 11.3 Å². The molecule has 3 N–H and O–H groups in total. The molecule has 3 nitrogen and oxygen atoms in total. The maximum absolute atomic E-state index is 7.47. The predicted molar refractivity (Wildman–Crippen MR) is 91.0 cm³/mol. The second-order valence-corrected chi connectivity index (χ2v) is 6.71. The second-order valence-electron chi connectivity index (χ2n) is 4.82. The largest absolute Gasteiger partial charge is 0.384 e. The van der Waals surface area contributed by atoms with Crippen molar-refractivity contribution in [1.82, 2.24) is 0 Å². The second kappa shape index (κ2) is 6.41. The van der Waals surface area contributed by atoms with Crippen molar-refractivity contribution in [1.29, 1.82) is 5.41 Å². The number of rotatable bonds is 5. The zero-order chi connectivity index (χ0) is 14.7. The molecule has 1 heterocycles. The molecule has 0 spiro atoms. The summed E-state index contributed by atoms with van der Waals surface area (Å²) in [6, 6.07) is 10.4. The molecule has 20 heavy (non-hydrogen) atoms. The Kier molecular flexibility index (Phi) is 4.83. The van der Waals surface area contributed by atoms with E-state index in [0.717, 1.165) is 22.1 Å². The van der Waals surface area contributed by atoms with E-state index in [1.807, 2.05) is 18.2 Å². The fourth-order valence-corrected chi connectivity index (χ4v) is 3.54. The number of nitrogen functional groups attached to an aromatic ring is 1. The Morgan fingerprint density at radius 1 is 1.45 bits per heavy atom. The number of halogens is 1. The molecule has 0 aliphatic carbocycles. The number of hydrogen-bond acceptors (Lipinski definition) is 3. The minimum Gasteiger partial charge on any atom is -0.384 e. The highest BCUT2D eigenvalue weighted by atomic mass is 79.9. The first-order valence-electron chi connectivity index (χ1n) is 6.38. The third-order valence-corrected chi connectivity index (χ3v) is 4.91. The van der Waals surface area contributed by atoms with E-state index in [1.54, 1.807) is 11.3 Å². The zero-order valence-electron chi connectivity index (χ0n) is 11.6. The number of nitrogens with zero attached hydrogens (tertiary/aromatic N) is 1. The molecule has 0 fully saturated rings. The lowest BCUT2D eigenvalue weighted by Crippen LogP contribution is -2.30. The van der Waals surface area contributed by atoms with E-state index in [-0.39, 0.29) is 5.84 Å². The molecule has 0 radical (unpaired) electrons. The van der Waals surface area contributed by atoms with Gasteiger partial charge >= 0.3 is 0 Å². The van der Waals surface area contributed by atoms with E-state index in [2.05, 4.69) is 52.3 Å². The van der Waals surface area contributed by atoms with Crippen LogP contribution in [-0.4, -0.2) is 18.9 Å². The Bertz CT molecular complexity index is 595. The van der Waals surface area contributed by atoms with E-state index in [1.165, 1.54) is 4.88 Å². The first kappa shape index (κ1) is 15.1. The van der Waals surface area contributed by atoms with E-state index >= 15 is 0 Å². The van der Waals surface area contributed by atoms with Crippen LogP contribution in [0.2, 0.25) is 0 Å². The molecule has 0 bridgehead atoms. The third-order valence-electron chi connectivity index (χ3n) is 3.38. The third kappa shape index (κ3) is 3.41. The lowest BCUT2D eigenvalue weighted by Gasteiger charge is -2.28. The van der Waals surface area contributed by atoms with Gasteiger partial charge in [-0.2, -0.15) is 0 Å². The van der Waals surface area contributed by atoms with Crippen LogP contribution in [0, 0.1) is 5.41 Å². The summed E-state index contributed by atoms with van der Waals surface area (Å²) in [7, 11) is 2.09. The molecular formula is C15H18BrN3S. The minimum absolute atomic E-state index is 0.0894. The van der Waals surface area contributed by atoms with Gasteiger partial charge in [0.25, 0.3) is 0 Å². The van der Waals surface area contributed by atoms with Crippen LogP contribution in [-0.2, 0) is 6.42 Å². The Labute approximate surface area is 132 Å². The van der Waals surface area contributed by atoms with Crippen LogP contribution in [0.4, 0.5) is 5.69 Å². The number of amidine groups is 1. The van der Waals surface area contributed by atoms with E-state index in [0.29, 0.717) is 6.04 Å². The monoisotopic (exact) mass is 351 g/mol. The molecule has 5 heteroatoms. The predicted octanol–water partition coefficient (Wildman–Crippen LogP) is 3.86. The summed E-state index contributed by atoms with van der Waals surface area (Å²) in [5.41, 5.74) is 7.36. The number of benzene rings is 1. The van der Waals surface area contributed by atoms with Gasteiger partial charge in [-0.25, -0.2) is 0 Å². The van der Waals surface area contributed by atoms with Crippen LogP contribution in [0.15, 0.2) is 40.2 Å². The molecule has 0 aliphatic rings. The Balaban J connectivity index is 2.16. The normalized spacial score (nSPS) is 12.2. The van der Waals surface area contributed by atoms with Crippen molar-refractivity contribution in [3.8, 4) is 0 Å². The van der Waals surface area contributed by atoms with E-state index in [4.69, 9.17) is 11.1 Å². The highest BCUT2D eigenvalue weighted by Crippen LogP contribution is 2.28. The summed E-state index contributed by atoms with van der Waals surface area (Å²) >= 11 is 5.36. The number of anilines is 1. The molecule has 2 aromatic rings. The average Bonchev–Trinajstić information content (AvgIpc) is 2.90. The molecule has 0 aliphatic heterocycles. The number of thiophene rings is 1. The number of likely N-dealkylation sites (N-methyl/N-ethyl adjacent to an activating group) is 1. The van der Waals surface area contributed by atoms with Crippen molar-refractivity contribution in [2.75, 3.05) is 11.9 Å². The van der Waals surface area contributed by atoms with Crippen molar-refractivity contribution >= 4 is 38.8 Å². The first-order chi connectivity index (χ1) is 9.49. The zero-order valence-corrected chi connectivity index (χ0v) is 14.0. The lowest BCUT2D eigenvalue weighted by molar-refractivity contribution is 0.687. The summed E-state index contributed by atoms with van der Waals surface area (Å²) in [5, 5.41) is 9.58. The molecular weight excluding hydrogens is 334 g/mol. The maximum Gasteiger partial charge on any atom is 0.122 e. The van der Waals surface area contributed by atoms with Crippen molar-refractivity contribution in [3.63, 3.8) is 0 Å². The Morgan fingerprint density at radius 2 is 2.20 bits per heavy atom. The van der Waals surface area contributed by atoms with Gasteiger partial charge < -0.3 is 10.6 Å². The van der Waals surface area contributed by atoms with Crippen molar-refractivity contribution < 1.29 is 0 Å². The van der Waals surface area contributed by atoms with E-state index in [9.17, 15) is 0 Å². The first-order valence-corrected chi connectivity index (χ1v) is 8.05. The SMILES string of the molecule is CC(Cc1cccs1)N(C)c1ccc(C(=N)N)cc1Br. The van der Waals surface area contributed by atoms with Gasteiger partial charge in [0, 0.05) is 34.4 Å². The standard InChI is InChI=1S/C15H18BrN3S/c1-10(8-12-4-3-7-20-12)19(2)14-6-5-11(15(17)18)9-13(14)16/h3-7,9-10H,8H2,1-2H3,(H3,17,18). The molecule has 0 saturated heterocycles. The van der Waals surface area contributed by atoms with Crippen LogP contribution in [0.3, 0.4) is 0 Å². The fraction of sp³-hybridized carbons (Fsp3) is 0.267. The molecule has 2 rings (SSSR count). The number of hydrogen-bond donors (Lipinski definition) is 2. The van der Waals surface area contributed by atoms with Gasteiger partial charge in [0.1, 0.15) is 5.84 Å². The van der Waals surface area contributed by atoms with Crippen molar-refractivity contribution in [2.24, 2.45) is 5.73 Å². The fourth-order valence-electron chi connectivity index (χ4n) is 2.05. The van der Waals surface area contributed by atoms with Gasteiger partial charge in [0.05, 0.1) is 5.69 Å². The highest BCUT2D eigenvalue weighted by Gasteiger charge is 2.14. The highest BCUT2D eigenvalue weighted by molar-refractivity contribution is 9.10. The Hall–Kier alpha value is -1.33. The Morgan fingerprint density at radius 3 is 2.75 bits per heavy atom. The summed E-state index contributed by atoms with van der Waals surface area (Å²) in [5.74, 6) is 0.0894. The molecule has 106 valence electrons. The maximum atomic E-state index is 7.47. The topological polar surface area (TPSA) is 53.1 Å². The number of nitrogens with two attached hydrogens (primary N) is 1. The van der Waals surface area contributed by atoms with Gasteiger partial charge in [0.2, 0.25) is 0 Å². The summed E-state index contributed by atoms with van der Waals surface area (Å²) in [4.78, 5) is 3.63. The van der Waals surface area contributed by atoms with Crippen LogP contribution >= 0.6 is 27.3 Å². The average molecular weight is 352 g/mol. The van der Waals surface area contributed by atoms with Gasteiger partial charge in [-0.3, -0.25) is 5.41 Å². The molecule has 1 atom stereocenters. The molecule has 0 amide bonds. The quantitative estimate of drug-likeness (QED) is 0.634. The van der Waals surface area contributed by atoms with Crippen LogP contribution in [0.5, 0.6) is 0 Å². The van der Waals surface area contributed by atoms with Gasteiger partial charge in [-0.05, 0) is 52.5 Å². The van der Waals surface area contributed by atoms with E-state index < -0.39 is 0 Å². The van der Waals surface area contributed by atoms with Crippen molar-refractivity contribution in [2.45, 2.75) is 19.4 Å². The molecule has 1 unspecified atom stereocenters. The lowest BCUT2D eigenvalue weighted by atomic mass is 10.1. The molecule has 1 aromatic carbocycles. The summed E-state index contributed by atoms with van der Waals surface area (Å²) in [6.07, 6.45) is 1.02. The van der Waals surface area contributed by atoms with Gasteiger partial charge in [-0.1, -0.05) is 6.07 Å². The smallest absolute Gasteiger partial charge is 0.122 e. The summed E-state index contributed by atoms with van der Waals surface area (Å²) in [6.45, 7) is 2.21. The molecule has 1 aromatic heterocycles. The van der Waals surface area contributed by atoms with Crippen molar-refractivity contribution in [3.05, 3.63) is 50.6 Å². The molecule has 0 saturated carbocycles. The van der Waals surface area contributed by atoms with Crippen LogP contribution in [0.25, 0.3) is 0 Å². The van der Waals surface area contributed by atoms with Crippen LogP contribution in [0.1, 0.15) is 17.4 Å². The number of nitrogens with one attached hydrogen (secondary N) is 1. The van der Waals surface area contributed by atoms with Crippen LogP contribution < -0.4 is 10.6 Å².